The topological polar surface area (TPSA) is 36.4 Å². The van der Waals surface area contributed by atoms with Crippen LogP contribution in [0.15, 0.2) is 16.7 Å². The maximum Gasteiger partial charge on any atom is 0.131 e. The molecule has 1 unspecified atom stereocenters. The van der Waals surface area contributed by atoms with Gasteiger partial charge in [0.1, 0.15) is 5.82 Å². The Labute approximate surface area is 98.3 Å². The minimum atomic E-state index is -0.205. The first-order valence-corrected chi connectivity index (χ1v) is 6.01. The third-order valence-electron chi connectivity index (χ3n) is 2.71. The van der Waals surface area contributed by atoms with Crippen LogP contribution in [0.5, 0.6) is 0 Å². The number of halogens is 1. The molecule has 0 radical (unpaired) electrons. The third kappa shape index (κ3) is 2.49. The summed E-state index contributed by atoms with van der Waals surface area (Å²) in [6.45, 7) is 3.75. The maximum absolute atomic E-state index is 9.61. The summed E-state index contributed by atoms with van der Waals surface area (Å²) in [5.74, 6) is 0.997. The predicted octanol–water partition coefficient (Wildman–Crippen LogP) is 2.11. The number of hydrogen-bond donors (Lipinski definition) is 1. The quantitative estimate of drug-likeness (QED) is 0.850. The van der Waals surface area contributed by atoms with Gasteiger partial charge in [0.2, 0.25) is 0 Å². The fourth-order valence-corrected chi connectivity index (χ4v) is 2.46. The lowest BCUT2D eigenvalue weighted by Gasteiger charge is -2.31. The number of hydrogen-bond acceptors (Lipinski definition) is 3. The van der Waals surface area contributed by atoms with Crippen molar-refractivity contribution in [2.24, 2.45) is 0 Å². The van der Waals surface area contributed by atoms with Crippen molar-refractivity contribution in [2.45, 2.75) is 25.9 Å². The van der Waals surface area contributed by atoms with Gasteiger partial charge in [0.25, 0.3) is 0 Å². The highest BCUT2D eigenvalue weighted by Gasteiger charge is 2.19. The number of rotatable bonds is 1. The van der Waals surface area contributed by atoms with E-state index >= 15 is 0 Å². The van der Waals surface area contributed by atoms with Gasteiger partial charge in [-0.3, -0.25) is 0 Å². The number of piperidine rings is 1. The second-order valence-corrected chi connectivity index (χ2v) is 4.95. The van der Waals surface area contributed by atoms with Gasteiger partial charge in [-0.2, -0.15) is 0 Å². The van der Waals surface area contributed by atoms with Crippen LogP contribution in [-0.2, 0) is 0 Å². The number of aryl methyl sites for hydroxylation is 1. The normalized spacial score (nSPS) is 21.8. The molecule has 0 saturated carbocycles. The monoisotopic (exact) mass is 270 g/mol. The Bertz CT molecular complexity index is 356. The van der Waals surface area contributed by atoms with E-state index in [0.717, 1.165) is 35.2 Å². The van der Waals surface area contributed by atoms with E-state index in [2.05, 4.69) is 31.9 Å². The number of nitrogens with zero attached hydrogens (tertiary/aromatic N) is 2. The van der Waals surface area contributed by atoms with Gasteiger partial charge in [0, 0.05) is 23.8 Å². The summed E-state index contributed by atoms with van der Waals surface area (Å²) in [6.07, 6.45) is 3.55. The molecule has 0 bridgehead atoms. The first-order chi connectivity index (χ1) is 7.16. The van der Waals surface area contributed by atoms with Crippen LogP contribution in [0.4, 0.5) is 5.82 Å². The van der Waals surface area contributed by atoms with E-state index in [-0.39, 0.29) is 6.10 Å². The second-order valence-electron chi connectivity index (χ2n) is 4.04. The van der Waals surface area contributed by atoms with E-state index < -0.39 is 0 Å². The fraction of sp³-hybridized carbons (Fsp3) is 0.545. The molecule has 0 aromatic carbocycles. The first kappa shape index (κ1) is 10.9. The van der Waals surface area contributed by atoms with Crippen molar-refractivity contribution in [1.29, 1.82) is 0 Å². The van der Waals surface area contributed by atoms with E-state index in [1.54, 1.807) is 0 Å². The molecule has 82 valence electrons. The standard InChI is InChI=1S/C11H15BrN2O/c1-8-5-9(12)6-13-11(8)14-4-2-3-10(15)7-14/h5-6,10,15H,2-4,7H2,1H3. The molecule has 4 heteroatoms. The van der Waals surface area contributed by atoms with E-state index in [9.17, 15) is 5.11 Å². The van der Waals surface area contributed by atoms with E-state index in [4.69, 9.17) is 0 Å². The lowest BCUT2D eigenvalue weighted by Crippen LogP contribution is -2.39. The van der Waals surface area contributed by atoms with Crippen LogP contribution in [0.3, 0.4) is 0 Å². The molecule has 1 fully saturated rings. The molecule has 1 aliphatic heterocycles. The number of aliphatic hydroxyl groups excluding tert-OH is 1. The Kier molecular flexibility index (Phi) is 3.26. The average molecular weight is 271 g/mol. The first-order valence-electron chi connectivity index (χ1n) is 5.22. The molecule has 0 spiro atoms. The molecule has 0 amide bonds. The lowest BCUT2D eigenvalue weighted by molar-refractivity contribution is 0.154. The summed E-state index contributed by atoms with van der Waals surface area (Å²) in [5.41, 5.74) is 1.15. The van der Waals surface area contributed by atoms with Crippen LogP contribution < -0.4 is 4.90 Å². The Morgan fingerprint density at radius 1 is 1.60 bits per heavy atom. The Balaban J connectivity index is 2.21. The zero-order valence-corrected chi connectivity index (χ0v) is 10.4. The van der Waals surface area contributed by atoms with E-state index in [1.165, 1.54) is 0 Å². The summed E-state index contributed by atoms with van der Waals surface area (Å²) < 4.78 is 1.00. The van der Waals surface area contributed by atoms with Crippen LogP contribution in [0, 0.1) is 6.92 Å². The fourth-order valence-electron chi connectivity index (χ4n) is 2.01. The Morgan fingerprint density at radius 3 is 3.07 bits per heavy atom. The van der Waals surface area contributed by atoms with E-state index in [1.807, 2.05) is 13.1 Å². The molecule has 1 atom stereocenters. The lowest BCUT2D eigenvalue weighted by atomic mass is 10.1. The molecule has 1 aliphatic rings. The molecule has 0 aliphatic carbocycles. The molecule has 2 rings (SSSR count). The van der Waals surface area contributed by atoms with Crippen LogP contribution in [0.25, 0.3) is 0 Å². The van der Waals surface area contributed by atoms with Crippen molar-refractivity contribution in [3.8, 4) is 0 Å². The van der Waals surface area contributed by atoms with E-state index in [0.29, 0.717) is 6.54 Å². The Morgan fingerprint density at radius 2 is 2.40 bits per heavy atom. The highest BCUT2D eigenvalue weighted by atomic mass is 79.9. The van der Waals surface area contributed by atoms with Crippen molar-refractivity contribution < 1.29 is 5.11 Å². The molecular weight excluding hydrogens is 256 g/mol. The number of pyridine rings is 1. The Hall–Kier alpha value is -0.610. The summed E-state index contributed by atoms with van der Waals surface area (Å²) in [7, 11) is 0. The van der Waals surface area contributed by atoms with Gasteiger partial charge in [-0.05, 0) is 47.3 Å². The second kappa shape index (κ2) is 4.49. The smallest absolute Gasteiger partial charge is 0.131 e. The highest BCUT2D eigenvalue weighted by molar-refractivity contribution is 9.10. The minimum Gasteiger partial charge on any atom is -0.391 e. The SMILES string of the molecule is Cc1cc(Br)cnc1N1CCCC(O)C1. The predicted molar refractivity (Wildman–Crippen MR) is 64.1 cm³/mol. The average Bonchev–Trinajstić information content (AvgIpc) is 2.17. The largest absolute Gasteiger partial charge is 0.391 e. The number of β-amino-alcohol motifs (C(OH)–C–C–N with tert-alkyl or cyclic N) is 1. The minimum absolute atomic E-state index is 0.205. The molecule has 1 aromatic rings. The van der Waals surface area contributed by atoms with Gasteiger partial charge < -0.3 is 10.0 Å². The molecule has 3 nitrogen and oxygen atoms in total. The summed E-state index contributed by atoms with van der Waals surface area (Å²) in [5, 5.41) is 9.61. The van der Waals surface area contributed by atoms with Crippen molar-refractivity contribution >= 4 is 21.7 Å². The molecule has 1 saturated heterocycles. The maximum atomic E-state index is 9.61. The zero-order chi connectivity index (χ0) is 10.8. The van der Waals surface area contributed by atoms with Gasteiger partial charge >= 0.3 is 0 Å². The molecule has 15 heavy (non-hydrogen) atoms. The van der Waals surface area contributed by atoms with Crippen LogP contribution in [0.2, 0.25) is 0 Å². The van der Waals surface area contributed by atoms with Crippen molar-refractivity contribution in [1.82, 2.24) is 4.98 Å². The summed E-state index contributed by atoms with van der Waals surface area (Å²) >= 11 is 3.40. The van der Waals surface area contributed by atoms with Crippen LogP contribution in [0.1, 0.15) is 18.4 Å². The zero-order valence-electron chi connectivity index (χ0n) is 8.78. The van der Waals surface area contributed by atoms with Gasteiger partial charge in [-0.15, -0.1) is 0 Å². The highest BCUT2D eigenvalue weighted by Crippen LogP contribution is 2.23. The van der Waals surface area contributed by atoms with Crippen molar-refractivity contribution in [3.05, 3.63) is 22.3 Å². The van der Waals surface area contributed by atoms with Crippen molar-refractivity contribution in [2.75, 3.05) is 18.0 Å². The number of aromatic nitrogens is 1. The molecular formula is C11H15BrN2O. The van der Waals surface area contributed by atoms with Crippen LogP contribution in [-0.4, -0.2) is 29.3 Å². The van der Waals surface area contributed by atoms with Crippen molar-refractivity contribution in [3.63, 3.8) is 0 Å². The molecule has 1 aromatic heterocycles. The van der Waals surface area contributed by atoms with Crippen LogP contribution >= 0.6 is 15.9 Å². The number of aliphatic hydroxyl groups is 1. The van der Waals surface area contributed by atoms with Gasteiger partial charge in [0.05, 0.1) is 6.10 Å². The van der Waals surface area contributed by atoms with Gasteiger partial charge in [-0.25, -0.2) is 4.98 Å². The molecule has 2 heterocycles. The number of anilines is 1. The van der Waals surface area contributed by atoms with Gasteiger partial charge in [-0.1, -0.05) is 0 Å². The summed E-state index contributed by atoms with van der Waals surface area (Å²) in [4.78, 5) is 6.57. The van der Waals surface area contributed by atoms with Gasteiger partial charge in [0.15, 0.2) is 0 Å². The third-order valence-corrected chi connectivity index (χ3v) is 3.15. The molecule has 1 N–H and O–H groups in total. The summed E-state index contributed by atoms with van der Waals surface area (Å²) in [6, 6.07) is 2.06.